The van der Waals surface area contributed by atoms with Gasteiger partial charge in [-0.15, -0.1) is 0 Å². The van der Waals surface area contributed by atoms with Crippen LogP contribution in [0.4, 0.5) is 0 Å². The molecule has 0 amide bonds. The zero-order valence-corrected chi connectivity index (χ0v) is 8.59. The van der Waals surface area contributed by atoms with Crippen molar-refractivity contribution in [3.63, 3.8) is 0 Å². The Kier molecular flexibility index (Phi) is 8.36. The average molecular weight is 181 g/mol. The molecule has 11 heavy (non-hydrogen) atoms. The van der Waals surface area contributed by atoms with Crippen LogP contribution in [-0.4, -0.2) is 34.5 Å². The van der Waals surface area contributed by atoms with E-state index in [4.69, 9.17) is 14.0 Å². The molecule has 0 aliphatic heterocycles. The van der Waals surface area contributed by atoms with Crippen molar-refractivity contribution in [2.45, 2.75) is 19.0 Å². The summed E-state index contributed by atoms with van der Waals surface area (Å²) < 4.78 is 10.4. The van der Waals surface area contributed by atoms with Crippen molar-refractivity contribution in [1.82, 2.24) is 6.15 Å². The van der Waals surface area contributed by atoms with E-state index < -0.39 is 8.56 Å². The fourth-order valence-electron chi connectivity index (χ4n) is 0.688. The predicted octanol–water partition coefficient (Wildman–Crippen LogP) is 0.896. The van der Waals surface area contributed by atoms with Crippen LogP contribution in [-0.2, 0) is 8.85 Å². The maximum absolute atomic E-state index is 8.53. The fraction of sp³-hybridized carbons (Fsp3) is 1.00. The molecule has 0 saturated heterocycles. The molecule has 0 saturated carbocycles. The van der Waals surface area contributed by atoms with Crippen LogP contribution in [0.15, 0.2) is 0 Å². The lowest BCUT2D eigenvalue weighted by atomic mass is 10.5. The van der Waals surface area contributed by atoms with Gasteiger partial charge in [0, 0.05) is 20.8 Å². The van der Waals surface area contributed by atoms with Crippen molar-refractivity contribution in [1.29, 1.82) is 0 Å². The van der Waals surface area contributed by atoms with Crippen LogP contribution in [0.5, 0.6) is 0 Å². The molecule has 0 spiro atoms. The van der Waals surface area contributed by atoms with Crippen molar-refractivity contribution < 1.29 is 14.0 Å². The minimum absolute atomic E-state index is 0. The number of aliphatic hydroxyl groups excluding tert-OH is 1. The van der Waals surface area contributed by atoms with E-state index in [-0.39, 0.29) is 12.8 Å². The highest BCUT2D eigenvalue weighted by Gasteiger charge is 2.27. The summed E-state index contributed by atoms with van der Waals surface area (Å²) >= 11 is 0. The van der Waals surface area contributed by atoms with Gasteiger partial charge in [0.25, 0.3) is 0 Å². The van der Waals surface area contributed by atoms with Crippen molar-refractivity contribution in [2.75, 3.05) is 20.8 Å². The van der Waals surface area contributed by atoms with E-state index in [1.165, 1.54) is 0 Å². The SMILES string of the molecule is CO[Si](C)(CCCO)OC.N. The van der Waals surface area contributed by atoms with Gasteiger partial charge >= 0.3 is 8.56 Å². The predicted molar refractivity (Wildman–Crippen MR) is 47.2 cm³/mol. The van der Waals surface area contributed by atoms with Gasteiger partial charge in [-0.2, -0.15) is 0 Å². The molecule has 0 bridgehead atoms. The summed E-state index contributed by atoms with van der Waals surface area (Å²) in [6.07, 6.45) is 0.768. The Labute approximate surface area is 69.3 Å². The van der Waals surface area contributed by atoms with Crippen molar-refractivity contribution >= 4 is 8.56 Å². The summed E-state index contributed by atoms with van der Waals surface area (Å²) in [5, 5.41) is 8.53. The Bertz CT molecular complexity index is 87.9. The van der Waals surface area contributed by atoms with E-state index in [1.807, 2.05) is 6.55 Å². The first-order valence-electron chi connectivity index (χ1n) is 3.39. The third kappa shape index (κ3) is 5.34. The molecule has 0 aromatic carbocycles. The molecule has 0 aromatic rings. The molecule has 4 nitrogen and oxygen atoms in total. The zero-order chi connectivity index (χ0) is 8.04. The second kappa shape index (κ2) is 6.75. The summed E-state index contributed by atoms with van der Waals surface area (Å²) in [6, 6.07) is 0.858. The summed E-state index contributed by atoms with van der Waals surface area (Å²) in [5.41, 5.74) is 0. The van der Waals surface area contributed by atoms with Crippen molar-refractivity contribution in [3.8, 4) is 0 Å². The standard InChI is InChI=1S/C6H16O3Si.H3N/c1-8-10(3,9-2)6-4-5-7;/h7H,4-6H2,1-3H3;1H3. The second-order valence-electron chi connectivity index (χ2n) is 2.37. The number of hydrogen-bond donors (Lipinski definition) is 2. The number of aliphatic hydroxyl groups is 1. The van der Waals surface area contributed by atoms with Gasteiger partial charge in [0.05, 0.1) is 0 Å². The van der Waals surface area contributed by atoms with Crippen molar-refractivity contribution in [2.24, 2.45) is 0 Å². The molecule has 0 heterocycles. The van der Waals surface area contributed by atoms with Crippen LogP contribution in [0.1, 0.15) is 6.42 Å². The molecule has 4 N–H and O–H groups in total. The first kappa shape index (κ1) is 13.6. The molecule has 0 aliphatic rings. The molecular formula is C6H19NO3Si. The van der Waals surface area contributed by atoms with E-state index in [1.54, 1.807) is 14.2 Å². The van der Waals surface area contributed by atoms with Crippen LogP contribution in [0, 0.1) is 0 Å². The van der Waals surface area contributed by atoms with Crippen molar-refractivity contribution in [3.05, 3.63) is 0 Å². The summed E-state index contributed by atoms with van der Waals surface area (Å²) in [7, 11) is 1.44. The van der Waals surface area contributed by atoms with Gasteiger partial charge in [0.1, 0.15) is 0 Å². The van der Waals surface area contributed by atoms with Gasteiger partial charge in [0.2, 0.25) is 0 Å². The van der Waals surface area contributed by atoms with Gasteiger partial charge in [0.15, 0.2) is 0 Å². The molecule has 0 rings (SSSR count). The summed E-state index contributed by atoms with van der Waals surface area (Å²) in [6.45, 7) is 2.21. The minimum Gasteiger partial charge on any atom is -0.398 e. The monoisotopic (exact) mass is 181 g/mol. The van der Waals surface area contributed by atoms with E-state index >= 15 is 0 Å². The van der Waals surface area contributed by atoms with Crippen LogP contribution in [0.25, 0.3) is 0 Å². The molecular weight excluding hydrogens is 162 g/mol. The number of hydrogen-bond acceptors (Lipinski definition) is 4. The highest BCUT2D eigenvalue weighted by Crippen LogP contribution is 2.12. The fourth-order valence-corrected chi connectivity index (χ4v) is 2.06. The lowest BCUT2D eigenvalue weighted by molar-refractivity contribution is 0.238. The third-order valence-corrected chi connectivity index (χ3v) is 4.64. The Balaban J connectivity index is 0. The van der Waals surface area contributed by atoms with Crippen LogP contribution in [0.3, 0.4) is 0 Å². The Morgan fingerprint density at radius 3 is 2.00 bits per heavy atom. The van der Waals surface area contributed by atoms with E-state index in [0.717, 1.165) is 12.5 Å². The Hall–Kier alpha value is 0.0569. The van der Waals surface area contributed by atoms with E-state index in [0.29, 0.717) is 0 Å². The summed E-state index contributed by atoms with van der Waals surface area (Å²) in [5.74, 6) is 0. The van der Waals surface area contributed by atoms with E-state index in [9.17, 15) is 0 Å². The smallest absolute Gasteiger partial charge is 0.334 e. The van der Waals surface area contributed by atoms with Gasteiger partial charge in [-0.1, -0.05) is 0 Å². The molecule has 0 radical (unpaired) electrons. The maximum atomic E-state index is 8.53. The molecule has 0 atom stereocenters. The summed E-state index contributed by atoms with van der Waals surface area (Å²) in [4.78, 5) is 0. The Morgan fingerprint density at radius 2 is 1.73 bits per heavy atom. The molecule has 0 fully saturated rings. The normalized spacial score (nSPS) is 10.9. The molecule has 0 aliphatic carbocycles. The highest BCUT2D eigenvalue weighted by molar-refractivity contribution is 6.65. The molecule has 0 unspecified atom stereocenters. The second-order valence-corrected chi connectivity index (χ2v) is 5.95. The first-order valence-corrected chi connectivity index (χ1v) is 5.92. The van der Waals surface area contributed by atoms with Crippen LogP contribution < -0.4 is 6.15 Å². The van der Waals surface area contributed by atoms with Crippen LogP contribution >= 0.6 is 0 Å². The zero-order valence-electron chi connectivity index (χ0n) is 7.59. The lowest BCUT2D eigenvalue weighted by Gasteiger charge is -2.21. The largest absolute Gasteiger partial charge is 0.398 e. The van der Waals surface area contributed by atoms with Gasteiger partial charge in [-0.25, -0.2) is 0 Å². The van der Waals surface area contributed by atoms with Gasteiger partial charge in [-0.3, -0.25) is 0 Å². The highest BCUT2D eigenvalue weighted by atomic mass is 28.4. The third-order valence-electron chi connectivity index (χ3n) is 1.65. The molecule has 5 heteroatoms. The van der Waals surface area contributed by atoms with E-state index in [2.05, 4.69) is 0 Å². The van der Waals surface area contributed by atoms with Gasteiger partial charge < -0.3 is 20.1 Å². The lowest BCUT2D eigenvalue weighted by Crippen LogP contribution is -2.35. The molecule has 70 valence electrons. The Morgan fingerprint density at radius 1 is 1.27 bits per heavy atom. The number of rotatable bonds is 5. The van der Waals surface area contributed by atoms with Crippen LogP contribution in [0.2, 0.25) is 12.6 Å². The average Bonchev–Trinajstić information content (AvgIpc) is 2.00. The minimum atomic E-state index is -1.88. The topological polar surface area (TPSA) is 73.7 Å². The maximum Gasteiger partial charge on any atom is 0.334 e. The molecule has 0 aromatic heterocycles. The first-order chi connectivity index (χ1) is 4.68. The quantitative estimate of drug-likeness (QED) is 0.618. The van der Waals surface area contributed by atoms with Gasteiger partial charge in [-0.05, 0) is 19.0 Å².